The van der Waals surface area contributed by atoms with Gasteiger partial charge in [0, 0.05) is 12.8 Å². The minimum absolute atomic E-state index is 0.180. The molecule has 0 heterocycles. The average Bonchev–Trinajstić information content (AvgIpc) is 3.05. The van der Waals surface area contributed by atoms with Crippen molar-refractivity contribution in [3.8, 4) is 0 Å². The van der Waals surface area contributed by atoms with Crippen molar-refractivity contribution in [1.82, 2.24) is 0 Å². The van der Waals surface area contributed by atoms with Gasteiger partial charge in [0.2, 0.25) is 0 Å². The van der Waals surface area contributed by atoms with Gasteiger partial charge in [-0.25, -0.2) is 4.57 Å². The van der Waals surface area contributed by atoms with Crippen LogP contribution in [0.15, 0.2) is 60.8 Å². The number of carbonyl (C=O) groups excluding carboxylic acids is 2. The largest absolute Gasteiger partial charge is 0.469 e. The van der Waals surface area contributed by atoms with Crippen LogP contribution < -0.4 is 0 Å². The summed E-state index contributed by atoms with van der Waals surface area (Å²) in [6.45, 7) is 3.51. The van der Waals surface area contributed by atoms with E-state index in [2.05, 4.69) is 79.1 Å². The van der Waals surface area contributed by atoms with Crippen molar-refractivity contribution in [3.63, 3.8) is 0 Å². The van der Waals surface area contributed by atoms with Gasteiger partial charge in [0.25, 0.3) is 0 Å². The van der Waals surface area contributed by atoms with E-state index in [1.165, 1.54) is 32.1 Å². The van der Waals surface area contributed by atoms with E-state index in [1.807, 2.05) is 0 Å². The van der Waals surface area contributed by atoms with Gasteiger partial charge in [-0.1, -0.05) is 126 Å². The maximum Gasteiger partial charge on any atom is 0.469 e. The Kier molecular flexibility index (Phi) is 33.0. The number of allylic oxidation sites excluding steroid dienone is 10. The monoisotopic (exact) mass is 694 g/mol. The van der Waals surface area contributed by atoms with Gasteiger partial charge in [0.1, 0.15) is 6.61 Å². The summed E-state index contributed by atoms with van der Waals surface area (Å²) in [6, 6.07) is 0. The molecule has 0 fully saturated rings. The number of esters is 2. The molecule has 0 amide bonds. The van der Waals surface area contributed by atoms with Crippen LogP contribution in [0.5, 0.6) is 0 Å². The molecule has 0 saturated heterocycles. The van der Waals surface area contributed by atoms with Crippen molar-refractivity contribution >= 4 is 19.8 Å². The van der Waals surface area contributed by atoms with E-state index < -0.39 is 32.5 Å². The molecule has 48 heavy (non-hydrogen) atoms. The molecule has 9 heteroatoms. The summed E-state index contributed by atoms with van der Waals surface area (Å²) in [5.74, 6) is -0.929. The summed E-state index contributed by atoms with van der Waals surface area (Å²) < 4.78 is 26.3. The Bertz CT molecular complexity index is 963. The zero-order valence-electron chi connectivity index (χ0n) is 30.1. The third-order valence-electron chi connectivity index (χ3n) is 7.52. The van der Waals surface area contributed by atoms with E-state index in [-0.39, 0.29) is 19.4 Å². The lowest BCUT2D eigenvalue weighted by Crippen LogP contribution is -2.29. The molecule has 8 nitrogen and oxygen atoms in total. The standard InChI is InChI=1S/C39H67O8P/c1-3-5-7-9-11-13-15-17-18-19-20-22-24-26-28-30-32-34-39(41)47-37(36-46-48(42,43)44)35-45-38(40)33-31-29-27-25-23-21-16-14-12-10-8-6-4-2/h5,7,11,13-14,16-18,20,22,37H,3-4,6,8-10,12,15,19,21,23-36H2,1-2H3,(H2,42,43,44)/b7-5-,13-11-,16-14-,18-17-,22-20-. The highest BCUT2D eigenvalue weighted by Crippen LogP contribution is 2.36. The number of ether oxygens (including phenoxy) is 2. The molecule has 0 aliphatic heterocycles. The van der Waals surface area contributed by atoms with E-state index in [9.17, 15) is 14.2 Å². The fourth-order valence-corrected chi connectivity index (χ4v) is 5.13. The molecule has 0 aromatic carbocycles. The van der Waals surface area contributed by atoms with Crippen LogP contribution in [0.3, 0.4) is 0 Å². The number of carbonyl (C=O) groups is 2. The Labute approximate surface area is 292 Å². The third-order valence-corrected chi connectivity index (χ3v) is 8.01. The predicted octanol–water partition coefficient (Wildman–Crippen LogP) is 11.0. The summed E-state index contributed by atoms with van der Waals surface area (Å²) in [7, 11) is -4.76. The lowest BCUT2D eigenvalue weighted by Gasteiger charge is -2.18. The van der Waals surface area contributed by atoms with Crippen LogP contribution in [-0.2, 0) is 28.2 Å². The van der Waals surface area contributed by atoms with Crippen LogP contribution in [0.4, 0.5) is 0 Å². The van der Waals surface area contributed by atoms with Crippen molar-refractivity contribution < 1.29 is 37.9 Å². The van der Waals surface area contributed by atoms with Crippen LogP contribution in [0, 0.1) is 0 Å². The Morgan fingerprint density at radius 1 is 0.562 bits per heavy atom. The quantitative estimate of drug-likeness (QED) is 0.0301. The van der Waals surface area contributed by atoms with E-state index in [0.29, 0.717) is 12.8 Å². The third kappa shape index (κ3) is 36.6. The van der Waals surface area contributed by atoms with Crippen LogP contribution in [0.2, 0.25) is 0 Å². The molecule has 0 saturated carbocycles. The maximum absolute atomic E-state index is 12.4. The SMILES string of the molecule is CC/C=C\C/C=C\C/C=C\C/C=C\CCCCCCC(=O)OC(COC(=O)CCCCCCC/C=C\CCCCCC)COP(=O)(O)O. The van der Waals surface area contributed by atoms with Gasteiger partial charge < -0.3 is 19.3 Å². The molecular weight excluding hydrogens is 627 g/mol. The van der Waals surface area contributed by atoms with Gasteiger partial charge >= 0.3 is 19.8 Å². The summed E-state index contributed by atoms with van der Waals surface area (Å²) in [6.07, 6.45) is 42.2. The van der Waals surface area contributed by atoms with Gasteiger partial charge in [0.15, 0.2) is 6.10 Å². The Morgan fingerprint density at radius 2 is 1.00 bits per heavy atom. The van der Waals surface area contributed by atoms with Gasteiger partial charge in [-0.15, -0.1) is 0 Å². The van der Waals surface area contributed by atoms with Crippen molar-refractivity contribution in [2.45, 2.75) is 161 Å². The van der Waals surface area contributed by atoms with Crippen molar-refractivity contribution in [2.24, 2.45) is 0 Å². The van der Waals surface area contributed by atoms with Crippen molar-refractivity contribution in [1.29, 1.82) is 0 Å². The first-order valence-corrected chi connectivity index (χ1v) is 20.1. The van der Waals surface area contributed by atoms with Gasteiger partial charge in [-0.05, 0) is 77.0 Å². The smallest absolute Gasteiger partial charge is 0.462 e. The second-order valence-corrected chi connectivity index (χ2v) is 13.4. The van der Waals surface area contributed by atoms with E-state index in [4.69, 9.17) is 19.3 Å². The zero-order chi connectivity index (χ0) is 35.4. The molecule has 1 unspecified atom stereocenters. The molecule has 0 bridgehead atoms. The lowest BCUT2D eigenvalue weighted by atomic mass is 10.1. The highest BCUT2D eigenvalue weighted by atomic mass is 31.2. The summed E-state index contributed by atoms with van der Waals surface area (Å²) >= 11 is 0. The molecule has 1 atom stereocenters. The Balaban J connectivity index is 4.05. The van der Waals surface area contributed by atoms with Gasteiger partial charge in [0.05, 0.1) is 6.61 Å². The highest BCUT2D eigenvalue weighted by molar-refractivity contribution is 7.46. The molecule has 2 N–H and O–H groups in total. The zero-order valence-corrected chi connectivity index (χ0v) is 31.0. The molecule has 0 aromatic heterocycles. The minimum Gasteiger partial charge on any atom is -0.462 e. The average molecular weight is 695 g/mol. The van der Waals surface area contributed by atoms with Crippen LogP contribution >= 0.6 is 7.82 Å². The topological polar surface area (TPSA) is 119 Å². The van der Waals surface area contributed by atoms with E-state index in [0.717, 1.165) is 83.5 Å². The minimum atomic E-state index is -4.76. The highest BCUT2D eigenvalue weighted by Gasteiger charge is 2.22. The molecule has 0 spiro atoms. The molecule has 0 aliphatic carbocycles. The predicted molar refractivity (Wildman–Crippen MR) is 197 cm³/mol. The first kappa shape index (κ1) is 45.8. The summed E-state index contributed by atoms with van der Waals surface area (Å²) in [5.41, 5.74) is 0. The van der Waals surface area contributed by atoms with Crippen molar-refractivity contribution in [2.75, 3.05) is 13.2 Å². The number of phosphoric acid groups is 1. The van der Waals surface area contributed by atoms with E-state index >= 15 is 0 Å². The van der Waals surface area contributed by atoms with Gasteiger partial charge in [-0.3, -0.25) is 14.1 Å². The molecule has 0 aromatic rings. The second kappa shape index (κ2) is 34.6. The van der Waals surface area contributed by atoms with Crippen LogP contribution in [0.25, 0.3) is 0 Å². The van der Waals surface area contributed by atoms with E-state index in [1.54, 1.807) is 0 Å². The van der Waals surface area contributed by atoms with Crippen LogP contribution in [-0.4, -0.2) is 41.0 Å². The fourth-order valence-electron chi connectivity index (χ4n) is 4.77. The lowest BCUT2D eigenvalue weighted by molar-refractivity contribution is -0.161. The number of phosphoric ester groups is 1. The molecule has 276 valence electrons. The molecular formula is C39H67O8P. The normalized spacial score (nSPS) is 13.2. The number of hydrogen-bond donors (Lipinski definition) is 2. The van der Waals surface area contributed by atoms with Crippen LogP contribution in [0.1, 0.15) is 155 Å². The van der Waals surface area contributed by atoms with Gasteiger partial charge in [-0.2, -0.15) is 0 Å². The summed E-state index contributed by atoms with van der Waals surface area (Å²) in [4.78, 5) is 42.7. The Morgan fingerprint density at radius 3 is 1.52 bits per heavy atom. The number of hydrogen-bond acceptors (Lipinski definition) is 6. The number of rotatable bonds is 33. The number of unbranched alkanes of at least 4 members (excludes halogenated alkanes) is 13. The second-order valence-electron chi connectivity index (χ2n) is 12.2. The first-order valence-electron chi connectivity index (χ1n) is 18.6. The molecule has 0 radical (unpaired) electrons. The Hall–Kier alpha value is -2.25. The summed E-state index contributed by atoms with van der Waals surface area (Å²) in [5, 5.41) is 0. The maximum atomic E-state index is 12.4. The fraction of sp³-hybridized carbons (Fsp3) is 0.692. The van der Waals surface area contributed by atoms with Crippen molar-refractivity contribution in [3.05, 3.63) is 60.8 Å². The molecule has 0 rings (SSSR count). The first-order chi connectivity index (χ1) is 23.3. The molecule has 0 aliphatic rings.